The highest BCUT2D eigenvalue weighted by Gasteiger charge is 2.26. The molecular formula is C16H13N3O3. The molecule has 1 aliphatic rings. The number of carbonyl (C=O) groups excluding carboxylic acids is 3. The minimum Gasteiger partial charge on any atom is -0.326 e. The molecule has 2 aromatic rings. The van der Waals surface area contributed by atoms with Crippen molar-refractivity contribution in [2.24, 2.45) is 5.73 Å². The molecule has 110 valence electrons. The van der Waals surface area contributed by atoms with E-state index in [0.29, 0.717) is 23.4 Å². The molecule has 0 spiro atoms. The molecule has 2 aromatic carbocycles. The predicted octanol–water partition coefficient (Wildman–Crippen LogP) is 1.28. The molecule has 3 rings (SSSR count). The summed E-state index contributed by atoms with van der Waals surface area (Å²) in [5, 5.41) is 4.90. The Bertz CT molecular complexity index is 782. The molecule has 0 fully saturated rings. The van der Waals surface area contributed by atoms with Crippen LogP contribution < -0.4 is 16.4 Å². The summed E-state index contributed by atoms with van der Waals surface area (Å²) in [5.41, 5.74) is 7.96. The maximum atomic E-state index is 12.1. The molecule has 0 aromatic heterocycles. The summed E-state index contributed by atoms with van der Waals surface area (Å²) in [5.74, 6) is -1.17. The molecule has 1 aliphatic heterocycles. The molecule has 0 saturated carbocycles. The number of anilines is 1. The van der Waals surface area contributed by atoms with Crippen molar-refractivity contribution in [3.63, 3.8) is 0 Å². The van der Waals surface area contributed by atoms with Gasteiger partial charge in [0.1, 0.15) is 0 Å². The van der Waals surface area contributed by atoms with Gasteiger partial charge in [-0.3, -0.25) is 19.7 Å². The summed E-state index contributed by atoms with van der Waals surface area (Å²) in [7, 11) is 0. The number of hydrogen-bond donors (Lipinski definition) is 3. The number of imide groups is 1. The first kappa shape index (κ1) is 14.0. The Labute approximate surface area is 126 Å². The summed E-state index contributed by atoms with van der Waals surface area (Å²) in [6, 6.07) is 11.5. The van der Waals surface area contributed by atoms with Crippen LogP contribution in [0.1, 0.15) is 36.6 Å². The van der Waals surface area contributed by atoms with Crippen LogP contribution in [0.3, 0.4) is 0 Å². The zero-order valence-corrected chi connectivity index (χ0v) is 11.6. The molecule has 0 radical (unpaired) electrons. The Morgan fingerprint density at radius 1 is 1.00 bits per heavy atom. The zero-order chi connectivity index (χ0) is 15.7. The SMILES string of the molecule is NCc1ccc(C(=O)Nc2ccc3c(c2)C(=O)NC3=O)cc1. The highest BCUT2D eigenvalue weighted by atomic mass is 16.2. The molecule has 6 heteroatoms. The predicted molar refractivity (Wildman–Crippen MR) is 80.5 cm³/mol. The molecule has 0 saturated heterocycles. The van der Waals surface area contributed by atoms with Gasteiger partial charge in [-0.25, -0.2) is 0 Å². The topological polar surface area (TPSA) is 101 Å². The first-order chi connectivity index (χ1) is 10.6. The summed E-state index contributed by atoms with van der Waals surface area (Å²) < 4.78 is 0. The molecule has 0 atom stereocenters. The quantitative estimate of drug-likeness (QED) is 0.742. The minimum absolute atomic E-state index is 0.265. The van der Waals surface area contributed by atoms with Crippen LogP contribution in [0.15, 0.2) is 42.5 Å². The second-order valence-corrected chi connectivity index (χ2v) is 4.90. The van der Waals surface area contributed by atoms with Crippen LogP contribution >= 0.6 is 0 Å². The lowest BCUT2D eigenvalue weighted by molar-refractivity contribution is 0.0878. The second-order valence-electron chi connectivity index (χ2n) is 4.90. The standard InChI is InChI=1S/C16H13N3O3/c17-8-9-1-3-10(4-2-9)14(20)18-11-5-6-12-13(7-11)16(22)19-15(12)21/h1-7H,8,17H2,(H,18,20)(H,19,21,22). The highest BCUT2D eigenvalue weighted by Crippen LogP contribution is 2.20. The average molecular weight is 295 g/mol. The lowest BCUT2D eigenvalue weighted by Gasteiger charge is -2.07. The molecule has 3 amide bonds. The Morgan fingerprint density at radius 3 is 2.36 bits per heavy atom. The van der Waals surface area contributed by atoms with Gasteiger partial charge in [-0.05, 0) is 35.9 Å². The molecule has 0 unspecified atom stereocenters. The Hall–Kier alpha value is -2.99. The summed E-state index contributed by atoms with van der Waals surface area (Å²) in [6.45, 7) is 0.413. The van der Waals surface area contributed by atoms with Crippen molar-refractivity contribution in [2.45, 2.75) is 6.54 Å². The van der Waals surface area contributed by atoms with Gasteiger partial charge < -0.3 is 11.1 Å². The van der Waals surface area contributed by atoms with E-state index in [-0.39, 0.29) is 11.5 Å². The van der Waals surface area contributed by atoms with E-state index in [0.717, 1.165) is 5.56 Å². The van der Waals surface area contributed by atoms with E-state index in [1.807, 2.05) is 0 Å². The van der Waals surface area contributed by atoms with Crippen LogP contribution in [0, 0.1) is 0 Å². The molecule has 1 heterocycles. The van der Waals surface area contributed by atoms with Crippen LogP contribution in [-0.4, -0.2) is 17.7 Å². The largest absolute Gasteiger partial charge is 0.326 e. The van der Waals surface area contributed by atoms with Crippen LogP contribution in [0.2, 0.25) is 0 Å². The number of nitrogens with one attached hydrogen (secondary N) is 2. The van der Waals surface area contributed by atoms with E-state index < -0.39 is 11.8 Å². The monoisotopic (exact) mass is 295 g/mol. The van der Waals surface area contributed by atoms with Crippen molar-refractivity contribution in [3.8, 4) is 0 Å². The third-order valence-corrected chi connectivity index (χ3v) is 3.45. The summed E-state index contributed by atoms with van der Waals surface area (Å²) in [6.07, 6.45) is 0. The van der Waals surface area contributed by atoms with Crippen LogP contribution in [0.5, 0.6) is 0 Å². The number of amides is 3. The van der Waals surface area contributed by atoms with E-state index in [1.165, 1.54) is 12.1 Å². The van der Waals surface area contributed by atoms with E-state index in [4.69, 9.17) is 5.73 Å². The minimum atomic E-state index is -0.455. The fraction of sp³-hybridized carbons (Fsp3) is 0.0625. The highest BCUT2D eigenvalue weighted by molar-refractivity contribution is 6.22. The van der Waals surface area contributed by atoms with Gasteiger partial charge in [0.2, 0.25) is 0 Å². The van der Waals surface area contributed by atoms with Crippen molar-refractivity contribution >= 4 is 23.4 Å². The Morgan fingerprint density at radius 2 is 1.68 bits per heavy atom. The number of benzene rings is 2. The van der Waals surface area contributed by atoms with Gasteiger partial charge in [0.15, 0.2) is 0 Å². The van der Waals surface area contributed by atoms with Crippen LogP contribution in [0.4, 0.5) is 5.69 Å². The molecule has 0 aliphatic carbocycles. The third kappa shape index (κ3) is 2.47. The van der Waals surface area contributed by atoms with Crippen LogP contribution in [0.25, 0.3) is 0 Å². The van der Waals surface area contributed by atoms with Crippen molar-refractivity contribution in [1.29, 1.82) is 0 Å². The van der Waals surface area contributed by atoms with Crippen molar-refractivity contribution in [3.05, 3.63) is 64.7 Å². The third-order valence-electron chi connectivity index (χ3n) is 3.45. The van der Waals surface area contributed by atoms with Crippen LogP contribution in [-0.2, 0) is 6.54 Å². The zero-order valence-electron chi connectivity index (χ0n) is 11.6. The smallest absolute Gasteiger partial charge is 0.259 e. The lowest BCUT2D eigenvalue weighted by Crippen LogP contribution is -2.19. The van der Waals surface area contributed by atoms with E-state index in [2.05, 4.69) is 10.6 Å². The Kier molecular flexibility index (Phi) is 3.44. The number of hydrogen-bond acceptors (Lipinski definition) is 4. The fourth-order valence-electron chi connectivity index (χ4n) is 2.24. The maximum absolute atomic E-state index is 12.1. The lowest BCUT2D eigenvalue weighted by atomic mass is 10.1. The average Bonchev–Trinajstić information content (AvgIpc) is 2.81. The molecule has 22 heavy (non-hydrogen) atoms. The molecule has 4 N–H and O–H groups in total. The van der Waals surface area contributed by atoms with Crippen molar-refractivity contribution in [1.82, 2.24) is 5.32 Å². The molecule has 0 bridgehead atoms. The first-order valence-electron chi connectivity index (χ1n) is 6.68. The van der Waals surface area contributed by atoms with Gasteiger partial charge in [0, 0.05) is 17.8 Å². The van der Waals surface area contributed by atoms with Crippen molar-refractivity contribution in [2.75, 3.05) is 5.32 Å². The first-order valence-corrected chi connectivity index (χ1v) is 6.68. The molecular weight excluding hydrogens is 282 g/mol. The second kappa shape index (κ2) is 5.42. The fourth-order valence-corrected chi connectivity index (χ4v) is 2.24. The summed E-state index contributed by atoms with van der Waals surface area (Å²) >= 11 is 0. The van der Waals surface area contributed by atoms with Gasteiger partial charge in [-0.2, -0.15) is 0 Å². The number of carbonyl (C=O) groups is 3. The number of fused-ring (bicyclic) bond motifs is 1. The van der Waals surface area contributed by atoms with E-state index in [9.17, 15) is 14.4 Å². The van der Waals surface area contributed by atoms with E-state index in [1.54, 1.807) is 30.3 Å². The van der Waals surface area contributed by atoms with Gasteiger partial charge in [-0.1, -0.05) is 12.1 Å². The van der Waals surface area contributed by atoms with Gasteiger partial charge in [-0.15, -0.1) is 0 Å². The van der Waals surface area contributed by atoms with Gasteiger partial charge in [0.05, 0.1) is 11.1 Å². The van der Waals surface area contributed by atoms with Gasteiger partial charge >= 0.3 is 0 Å². The normalized spacial score (nSPS) is 12.8. The maximum Gasteiger partial charge on any atom is 0.259 e. The Balaban J connectivity index is 1.81. The number of nitrogens with two attached hydrogens (primary N) is 1. The van der Waals surface area contributed by atoms with Crippen molar-refractivity contribution < 1.29 is 14.4 Å². The molecule has 6 nitrogen and oxygen atoms in total. The summed E-state index contributed by atoms with van der Waals surface area (Å²) in [4.78, 5) is 35.2. The van der Waals surface area contributed by atoms with E-state index >= 15 is 0 Å². The number of rotatable bonds is 3. The van der Waals surface area contributed by atoms with Gasteiger partial charge in [0.25, 0.3) is 17.7 Å².